The monoisotopic (exact) mass is 362 g/mol. The topological polar surface area (TPSA) is 89.9 Å². The van der Waals surface area contributed by atoms with Gasteiger partial charge in [0.1, 0.15) is 0 Å². The fraction of sp³-hybridized carbons (Fsp3) is 0.600. The Morgan fingerprint density at radius 2 is 2.08 bits per heavy atom. The van der Waals surface area contributed by atoms with Crippen LogP contribution in [0.15, 0.2) is 18.2 Å². The van der Waals surface area contributed by atoms with Crippen molar-refractivity contribution < 1.29 is 19.8 Å². The second-order valence-electron chi connectivity index (χ2n) is 7.58. The molecule has 0 spiro atoms. The van der Waals surface area contributed by atoms with Crippen LogP contribution in [0.2, 0.25) is 0 Å². The molecule has 6 nitrogen and oxygen atoms in total. The van der Waals surface area contributed by atoms with E-state index in [9.17, 15) is 19.8 Å². The lowest BCUT2D eigenvalue weighted by Gasteiger charge is -2.42. The van der Waals surface area contributed by atoms with Gasteiger partial charge in [0.25, 0.3) is 5.91 Å². The third kappa shape index (κ3) is 4.01. The number of hydrogen-bond donors (Lipinski definition) is 3. The molecule has 0 aliphatic carbocycles. The number of likely N-dealkylation sites (tertiary alicyclic amines) is 1. The highest BCUT2D eigenvalue weighted by Crippen LogP contribution is 2.37. The van der Waals surface area contributed by atoms with Crippen LogP contribution in [-0.4, -0.2) is 52.2 Å². The normalized spacial score (nSPS) is 23.2. The predicted molar refractivity (Wildman–Crippen MR) is 101 cm³/mol. The summed E-state index contributed by atoms with van der Waals surface area (Å²) in [4.78, 5) is 26.4. The van der Waals surface area contributed by atoms with Gasteiger partial charge in [0.15, 0.2) is 0 Å². The lowest BCUT2D eigenvalue weighted by Crippen LogP contribution is -2.56. The Bertz CT molecular complexity index is 674. The van der Waals surface area contributed by atoms with Crippen molar-refractivity contribution in [3.05, 3.63) is 29.3 Å². The largest absolute Gasteiger partial charge is 0.481 e. The second-order valence-corrected chi connectivity index (χ2v) is 7.58. The van der Waals surface area contributed by atoms with E-state index in [1.54, 1.807) is 4.90 Å². The Morgan fingerprint density at radius 1 is 1.38 bits per heavy atom. The van der Waals surface area contributed by atoms with E-state index in [0.717, 1.165) is 11.3 Å². The van der Waals surface area contributed by atoms with Crippen LogP contribution >= 0.6 is 0 Å². The molecule has 1 heterocycles. The molecule has 2 atom stereocenters. The molecule has 1 amide bonds. The van der Waals surface area contributed by atoms with Gasteiger partial charge in [-0.15, -0.1) is 0 Å². The van der Waals surface area contributed by atoms with Gasteiger partial charge in [0.05, 0.1) is 17.1 Å². The number of carboxylic acids is 1. The molecule has 1 saturated heterocycles. The summed E-state index contributed by atoms with van der Waals surface area (Å²) in [6.07, 6.45) is 0.291. The number of piperidine rings is 1. The van der Waals surface area contributed by atoms with Gasteiger partial charge in [0.2, 0.25) is 0 Å². The highest BCUT2D eigenvalue weighted by Gasteiger charge is 2.48. The fourth-order valence-corrected chi connectivity index (χ4v) is 3.70. The molecule has 3 N–H and O–H groups in total. The van der Waals surface area contributed by atoms with Gasteiger partial charge in [-0.2, -0.15) is 0 Å². The molecule has 1 aromatic carbocycles. The molecule has 26 heavy (non-hydrogen) atoms. The molecule has 0 unspecified atom stereocenters. The van der Waals surface area contributed by atoms with E-state index in [-0.39, 0.29) is 24.9 Å². The number of aliphatic hydroxyl groups is 1. The number of aliphatic hydroxyl groups excluding tert-OH is 1. The summed E-state index contributed by atoms with van der Waals surface area (Å²) in [5.74, 6) is -1.15. The predicted octanol–water partition coefficient (Wildman–Crippen LogP) is 2.89. The van der Waals surface area contributed by atoms with E-state index in [0.29, 0.717) is 24.9 Å². The van der Waals surface area contributed by atoms with E-state index < -0.39 is 17.5 Å². The van der Waals surface area contributed by atoms with E-state index >= 15 is 0 Å². The van der Waals surface area contributed by atoms with Crippen LogP contribution in [0.4, 0.5) is 5.69 Å². The zero-order chi connectivity index (χ0) is 19.5. The number of β-amino-alcohol motifs (C(OH)–C–C–N with tert-alkyl or cyclic N) is 1. The third-order valence-corrected chi connectivity index (χ3v) is 5.12. The SMILES string of the molecule is CCC[C@]1(C(=O)O)CCN(C(=O)c2cc(C)ccc2NC(C)C)C[C@H]1O. The summed E-state index contributed by atoms with van der Waals surface area (Å²) < 4.78 is 0. The van der Waals surface area contributed by atoms with Gasteiger partial charge in [-0.1, -0.05) is 25.0 Å². The molecule has 1 aliphatic rings. The average molecular weight is 362 g/mol. The third-order valence-electron chi connectivity index (χ3n) is 5.12. The van der Waals surface area contributed by atoms with E-state index in [2.05, 4.69) is 5.32 Å². The smallest absolute Gasteiger partial charge is 0.312 e. The summed E-state index contributed by atoms with van der Waals surface area (Å²) >= 11 is 0. The number of amides is 1. The van der Waals surface area contributed by atoms with Crippen molar-refractivity contribution in [2.75, 3.05) is 18.4 Å². The number of aryl methyl sites for hydroxylation is 1. The zero-order valence-electron chi connectivity index (χ0n) is 16.1. The first-order valence-electron chi connectivity index (χ1n) is 9.29. The summed E-state index contributed by atoms with van der Waals surface area (Å²) in [6.45, 7) is 8.22. The van der Waals surface area contributed by atoms with Crippen molar-refractivity contribution in [3.63, 3.8) is 0 Å². The molecule has 144 valence electrons. The first-order valence-corrected chi connectivity index (χ1v) is 9.29. The molecule has 2 rings (SSSR count). The number of carbonyl (C=O) groups excluding carboxylic acids is 1. The van der Waals surface area contributed by atoms with Crippen LogP contribution in [0.5, 0.6) is 0 Å². The standard InChI is InChI=1S/C20H30N2O4/c1-5-8-20(19(25)26)9-10-22(12-17(20)23)18(24)15-11-14(4)6-7-16(15)21-13(2)3/h6-7,11,13,17,21,23H,5,8-10,12H2,1-4H3,(H,25,26)/t17-,20+/m1/s1. The lowest BCUT2D eigenvalue weighted by molar-refractivity contribution is -0.162. The summed E-state index contributed by atoms with van der Waals surface area (Å²) in [5, 5.41) is 23.5. The number of carbonyl (C=O) groups is 2. The Balaban J connectivity index is 2.25. The Kier molecular flexibility index (Phi) is 6.29. The molecule has 1 aromatic rings. The van der Waals surface area contributed by atoms with Crippen molar-refractivity contribution in [1.29, 1.82) is 0 Å². The summed E-state index contributed by atoms with van der Waals surface area (Å²) in [6, 6.07) is 5.86. The summed E-state index contributed by atoms with van der Waals surface area (Å²) in [7, 11) is 0. The molecule has 1 fully saturated rings. The first kappa shape index (κ1) is 20.2. The number of carboxylic acid groups (broad SMARTS) is 1. The van der Waals surface area contributed by atoms with Gasteiger partial charge >= 0.3 is 5.97 Å². The molecule has 0 saturated carbocycles. The number of nitrogens with zero attached hydrogens (tertiary/aromatic N) is 1. The minimum atomic E-state index is -1.16. The number of rotatable bonds is 6. The van der Waals surface area contributed by atoms with Gasteiger partial charge < -0.3 is 20.4 Å². The van der Waals surface area contributed by atoms with Crippen LogP contribution in [0.1, 0.15) is 56.0 Å². The van der Waals surface area contributed by atoms with Crippen molar-refractivity contribution in [2.24, 2.45) is 5.41 Å². The highest BCUT2D eigenvalue weighted by atomic mass is 16.4. The van der Waals surface area contributed by atoms with Crippen molar-refractivity contribution in [2.45, 2.75) is 59.1 Å². The molecular formula is C20H30N2O4. The second kappa shape index (κ2) is 8.08. The van der Waals surface area contributed by atoms with Crippen LogP contribution in [-0.2, 0) is 4.79 Å². The van der Waals surface area contributed by atoms with Crippen molar-refractivity contribution >= 4 is 17.6 Å². The van der Waals surface area contributed by atoms with Crippen LogP contribution in [0, 0.1) is 12.3 Å². The average Bonchev–Trinajstić information content (AvgIpc) is 2.57. The molecule has 6 heteroatoms. The Morgan fingerprint density at radius 3 is 2.62 bits per heavy atom. The lowest BCUT2D eigenvalue weighted by atomic mass is 9.72. The van der Waals surface area contributed by atoms with Gasteiger partial charge in [-0.3, -0.25) is 9.59 Å². The number of anilines is 1. The van der Waals surface area contributed by atoms with Crippen molar-refractivity contribution in [1.82, 2.24) is 4.90 Å². The maximum Gasteiger partial charge on any atom is 0.312 e. The van der Waals surface area contributed by atoms with Gasteiger partial charge in [-0.25, -0.2) is 0 Å². The Hall–Kier alpha value is -2.08. The van der Waals surface area contributed by atoms with E-state index in [1.165, 1.54) is 0 Å². The Labute approximate surface area is 155 Å². The quantitative estimate of drug-likeness (QED) is 0.724. The van der Waals surface area contributed by atoms with Crippen LogP contribution in [0.3, 0.4) is 0 Å². The fourth-order valence-electron chi connectivity index (χ4n) is 3.70. The van der Waals surface area contributed by atoms with Crippen LogP contribution < -0.4 is 5.32 Å². The van der Waals surface area contributed by atoms with E-state index in [4.69, 9.17) is 0 Å². The number of hydrogen-bond acceptors (Lipinski definition) is 4. The molecule has 0 bridgehead atoms. The summed E-state index contributed by atoms with van der Waals surface area (Å²) in [5.41, 5.74) is 1.14. The number of aliphatic carboxylic acids is 1. The first-order chi connectivity index (χ1) is 12.2. The number of nitrogens with one attached hydrogen (secondary N) is 1. The maximum absolute atomic E-state index is 13.1. The molecule has 1 aliphatic heterocycles. The molecule has 0 radical (unpaired) electrons. The minimum absolute atomic E-state index is 0.0419. The highest BCUT2D eigenvalue weighted by molar-refractivity contribution is 6.00. The maximum atomic E-state index is 13.1. The molecule has 0 aromatic heterocycles. The van der Waals surface area contributed by atoms with E-state index in [1.807, 2.05) is 45.9 Å². The number of benzene rings is 1. The van der Waals surface area contributed by atoms with Crippen LogP contribution in [0.25, 0.3) is 0 Å². The zero-order valence-corrected chi connectivity index (χ0v) is 16.1. The van der Waals surface area contributed by atoms with Gasteiger partial charge in [0, 0.05) is 24.8 Å². The molecular weight excluding hydrogens is 332 g/mol. The van der Waals surface area contributed by atoms with Crippen molar-refractivity contribution in [3.8, 4) is 0 Å². The van der Waals surface area contributed by atoms with Gasteiger partial charge in [-0.05, 0) is 45.7 Å². The minimum Gasteiger partial charge on any atom is -0.481 e.